The molecule has 4 aromatic rings. The Hall–Kier alpha value is -3.66. The van der Waals surface area contributed by atoms with E-state index in [1.807, 2.05) is 53.7 Å². The number of nitrogens with zero attached hydrogens (tertiary/aromatic N) is 6. The van der Waals surface area contributed by atoms with Gasteiger partial charge in [0.05, 0.1) is 24.7 Å². The number of amides is 1. The average molecular weight is 464 g/mol. The fourth-order valence-electron chi connectivity index (χ4n) is 4.89. The minimum atomic E-state index is -0.117. The molecule has 1 aromatic carbocycles. The molecule has 1 aliphatic rings. The number of hydrogen-bond acceptors (Lipinski definition) is 6. The monoisotopic (exact) mass is 463 g/mol. The predicted molar refractivity (Wildman–Crippen MR) is 129 cm³/mol. The zero-order valence-electron chi connectivity index (χ0n) is 19.9. The highest BCUT2D eigenvalue weighted by atomic mass is 16.5. The van der Waals surface area contributed by atoms with E-state index in [2.05, 4.69) is 21.1 Å². The van der Waals surface area contributed by atoms with Crippen molar-refractivity contribution in [1.29, 1.82) is 0 Å². The smallest absolute Gasteiger partial charge is 0.326 e. The highest BCUT2D eigenvalue weighted by molar-refractivity contribution is 5.85. The molecule has 34 heavy (non-hydrogen) atoms. The molecule has 0 radical (unpaired) electrons. The molecular weight excluding hydrogens is 434 g/mol. The van der Waals surface area contributed by atoms with E-state index in [0.717, 1.165) is 40.6 Å². The van der Waals surface area contributed by atoms with Crippen LogP contribution in [0.1, 0.15) is 24.4 Å². The van der Waals surface area contributed by atoms with E-state index in [9.17, 15) is 9.59 Å². The van der Waals surface area contributed by atoms with Crippen LogP contribution in [0.15, 0.2) is 35.5 Å². The Balaban J connectivity index is 1.47. The van der Waals surface area contributed by atoms with Crippen molar-refractivity contribution in [3.63, 3.8) is 0 Å². The van der Waals surface area contributed by atoms with Gasteiger partial charge >= 0.3 is 5.69 Å². The lowest BCUT2D eigenvalue weighted by Crippen LogP contribution is -2.43. The summed E-state index contributed by atoms with van der Waals surface area (Å²) in [5.41, 5.74) is 5.16. The van der Waals surface area contributed by atoms with Crippen LogP contribution in [0, 0.1) is 6.92 Å². The Morgan fingerprint density at radius 2 is 2.00 bits per heavy atom. The molecule has 1 aliphatic heterocycles. The quantitative estimate of drug-likeness (QED) is 0.486. The van der Waals surface area contributed by atoms with Crippen molar-refractivity contribution >= 4 is 22.6 Å². The number of likely N-dealkylation sites (tertiary alicyclic amines) is 1. The van der Waals surface area contributed by atoms with Gasteiger partial charge in [0.1, 0.15) is 6.33 Å². The van der Waals surface area contributed by atoms with Gasteiger partial charge in [-0.1, -0.05) is 0 Å². The first kappa shape index (κ1) is 22.1. The molecule has 0 aliphatic carbocycles. The third-order valence-electron chi connectivity index (χ3n) is 6.57. The van der Waals surface area contributed by atoms with Crippen molar-refractivity contribution < 1.29 is 9.53 Å². The average Bonchev–Trinajstić information content (AvgIpc) is 3.41. The number of hydrogen-bond donors (Lipinski definition) is 1. The number of aromatic amines is 1. The zero-order chi connectivity index (χ0) is 24.0. The number of carbonyl (C=O) groups excluding carboxylic acids is 1. The molecule has 1 N–H and O–H groups in total. The lowest BCUT2D eigenvalue weighted by molar-refractivity contribution is -0.133. The van der Waals surface area contributed by atoms with Gasteiger partial charge in [0.15, 0.2) is 11.4 Å². The van der Waals surface area contributed by atoms with Crippen LogP contribution in [-0.2, 0) is 4.79 Å². The highest BCUT2D eigenvalue weighted by Gasteiger charge is 2.26. The number of aryl methyl sites for hydroxylation is 1. The maximum absolute atomic E-state index is 13.0. The molecule has 3 aromatic heterocycles. The van der Waals surface area contributed by atoms with E-state index >= 15 is 0 Å². The number of likely N-dealkylation sites (N-methyl/N-ethyl adjacent to an activating group) is 1. The molecule has 0 saturated carbocycles. The second-order valence-corrected chi connectivity index (χ2v) is 9.16. The second kappa shape index (κ2) is 8.60. The van der Waals surface area contributed by atoms with Crippen LogP contribution in [0.5, 0.6) is 5.75 Å². The van der Waals surface area contributed by atoms with Gasteiger partial charge in [-0.2, -0.15) is 5.10 Å². The van der Waals surface area contributed by atoms with Crippen molar-refractivity contribution in [3.05, 3.63) is 46.8 Å². The number of nitrogens with one attached hydrogen (secondary N) is 1. The Bertz CT molecular complexity index is 1420. The summed E-state index contributed by atoms with van der Waals surface area (Å²) in [5.74, 6) is 0.770. The van der Waals surface area contributed by atoms with Gasteiger partial charge in [0.2, 0.25) is 5.91 Å². The summed E-state index contributed by atoms with van der Waals surface area (Å²) in [4.78, 5) is 36.4. The number of aromatic nitrogens is 5. The maximum Gasteiger partial charge on any atom is 0.326 e. The zero-order valence-corrected chi connectivity index (χ0v) is 19.9. The number of benzene rings is 1. The van der Waals surface area contributed by atoms with Crippen LogP contribution in [0.25, 0.3) is 27.8 Å². The Morgan fingerprint density at radius 1 is 1.24 bits per heavy atom. The molecule has 4 heterocycles. The minimum Gasteiger partial charge on any atom is -0.493 e. The molecule has 0 unspecified atom stereocenters. The fraction of sp³-hybridized carbons (Fsp3) is 0.417. The van der Waals surface area contributed by atoms with E-state index < -0.39 is 0 Å². The van der Waals surface area contributed by atoms with Gasteiger partial charge in [0, 0.05) is 30.9 Å². The number of imidazole rings is 1. The fourth-order valence-corrected chi connectivity index (χ4v) is 4.89. The van der Waals surface area contributed by atoms with Crippen molar-refractivity contribution in [1.82, 2.24) is 33.9 Å². The summed E-state index contributed by atoms with van der Waals surface area (Å²) in [7, 11) is 5.40. The number of carbonyl (C=O) groups is 1. The summed E-state index contributed by atoms with van der Waals surface area (Å²) in [6, 6.07) is 6.06. The Kier molecular flexibility index (Phi) is 5.60. The van der Waals surface area contributed by atoms with Gasteiger partial charge in [-0.05, 0) is 63.2 Å². The largest absolute Gasteiger partial charge is 0.493 e. The van der Waals surface area contributed by atoms with Crippen LogP contribution in [0.3, 0.4) is 0 Å². The third kappa shape index (κ3) is 3.83. The SMILES string of the molecule is COc1cc(-c2cc3[nH]c(=O)n(C4CCN(C(=O)CN(C)C)CC4)c3cc2C)cn2ncnc12. The molecule has 0 bridgehead atoms. The Labute approximate surface area is 196 Å². The van der Waals surface area contributed by atoms with Crippen molar-refractivity contribution in [2.24, 2.45) is 0 Å². The van der Waals surface area contributed by atoms with Crippen molar-refractivity contribution in [3.8, 4) is 16.9 Å². The van der Waals surface area contributed by atoms with E-state index in [4.69, 9.17) is 4.74 Å². The van der Waals surface area contributed by atoms with Crippen LogP contribution in [0.2, 0.25) is 0 Å². The first-order chi connectivity index (χ1) is 16.4. The number of piperidine rings is 1. The predicted octanol–water partition coefficient (Wildman–Crippen LogP) is 2.08. The molecule has 0 spiro atoms. The first-order valence-corrected chi connectivity index (χ1v) is 11.4. The molecule has 10 heteroatoms. The van der Waals surface area contributed by atoms with E-state index in [1.165, 1.54) is 6.33 Å². The van der Waals surface area contributed by atoms with E-state index in [1.54, 1.807) is 11.6 Å². The summed E-state index contributed by atoms with van der Waals surface area (Å²) in [6.07, 6.45) is 4.92. The van der Waals surface area contributed by atoms with E-state index in [0.29, 0.717) is 31.0 Å². The third-order valence-corrected chi connectivity index (χ3v) is 6.57. The van der Waals surface area contributed by atoms with E-state index in [-0.39, 0.29) is 17.6 Å². The van der Waals surface area contributed by atoms with Crippen LogP contribution >= 0.6 is 0 Å². The van der Waals surface area contributed by atoms with Crippen molar-refractivity contribution in [2.45, 2.75) is 25.8 Å². The number of methoxy groups -OCH3 is 1. The Morgan fingerprint density at radius 3 is 2.71 bits per heavy atom. The van der Waals surface area contributed by atoms with Gasteiger partial charge < -0.3 is 19.5 Å². The first-order valence-electron chi connectivity index (χ1n) is 11.4. The number of pyridine rings is 1. The maximum atomic E-state index is 13.0. The van der Waals surface area contributed by atoms with Gasteiger partial charge in [-0.15, -0.1) is 0 Å². The topological polar surface area (TPSA) is 101 Å². The lowest BCUT2D eigenvalue weighted by Gasteiger charge is -2.33. The second-order valence-electron chi connectivity index (χ2n) is 9.16. The van der Waals surface area contributed by atoms with Gasteiger partial charge in [-0.25, -0.2) is 14.3 Å². The number of ether oxygens (including phenoxy) is 1. The number of fused-ring (bicyclic) bond motifs is 2. The summed E-state index contributed by atoms with van der Waals surface area (Å²) in [6.45, 7) is 3.76. The number of rotatable bonds is 5. The number of H-pyrrole nitrogens is 1. The molecule has 1 fully saturated rings. The molecule has 10 nitrogen and oxygen atoms in total. The molecule has 178 valence electrons. The summed E-state index contributed by atoms with van der Waals surface area (Å²) >= 11 is 0. The van der Waals surface area contributed by atoms with Gasteiger partial charge in [-0.3, -0.25) is 9.36 Å². The normalized spacial score (nSPS) is 15.0. The molecule has 1 saturated heterocycles. The highest BCUT2D eigenvalue weighted by Crippen LogP contribution is 2.33. The van der Waals surface area contributed by atoms with Gasteiger partial charge in [0.25, 0.3) is 0 Å². The molecule has 0 atom stereocenters. The molecular formula is C24H29N7O3. The van der Waals surface area contributed by atoms with Crippen LogP contribution in [-0.4, -0.2) is 80.7 Å². The van der Waals surface area contributed by atoms with Crippen LogP contribution < -0.4 is 10.4 Å². The lowest BCUT2D eigenvalue weighted by atomic mass is 10.00. The van der Waals surface area contributed by atoms with Crippen LogP contribution in [0.4, 0.5) is 0 Å². The minimum absolute atomic E-state index is 0.0569. The van der Waals surface area contributed by atoms with Crippen molar-refractivity contribution in [2.75, 3.05) is 40.8 Å². The summed E-state index contributed by atoms with van der Waals surface area (Å²) < 4.78 is 9.06. The standard InChI is InChI=1S/C24H29N7O3/c1-15-9-20-19(11-18(15)16-10-21(34-4)23-25-14-26-30(23)12-16)27-24(33)31(20)17-5-7-29(8-6-17)22(32)13-28(2)3/h9-12,14,17H,5-8,13H2,1-4H3,(H,27,33). The molecule has 1 amide bonds. The summed E-state index contributed by atoms with van der Waals surface area (Å²) in [5, 5.41) is 4.25. The molecule has 5 rings (SSSR count).